The van der Waals surface area contributed by atoms with Gasteiger partial charge in [-0.2, -0.15) is 0 Å². The summed E-state index contributed by atoms with van der Waals surface area (Å²) < 4.78 is 32.5. The zero-order chi connectivity index (χ0) is 41.4. The van der Waals surface area contributed by atoms with Crippen LogP contribution in [0, 0.1) is 0 Å². The van der Waals surface area contributed by atoms with E-state index in [1.165, 1.54) is 19.3 Å². The fraction of sp³-hybridized carbons (Fsp3) is 0.636. The minimum Gasteiger partial charge on any atom is -0.462 e. The van der Waals surface area contributed by atoms with Crippen molar-refractivity contribution in [1.82, 2.24) is 0 Å². The summed E-state index contributed by atoms with van der Waals surface area (Å²) >= 11 is 0. The van der Waals surface area contributed by atoms with Gasteiger partial charge in [-0.25, -0.2) is 4.57 Å². The first-order chi connectivity index (χ1) is 27.1. The first-order valence-corrected chi connectivity index (χ1v) is 22.1. The van der Waals surface area contributed by atoms with Crippen molar-refractivity contribution in [2.24, 2.45) is 0 Å². The molecule has 2 unspecified atom stereocenters. The molecule has 0 radical (unpaired) electrons. The number of allylic oxidation sites excluding steroid dienone is 13. The molecular weight excluding hydrogens is 735 g/mol. The van der Waals surface area contributed by atoms with Gasteiger partial charge in [0.25, 0.3) is 0 Å². The molecule has 0 saturated carbocycles. The third-order valence-electron chi connectivity index (χ3n) is 8.14. The van der Waals surface area contributed by atoms with Crippen molar-refractivity contribution < 1.29 is 52.9 Å². The highest BCUT2D eigenvalue weighted by molar-refractivity contribution is 7.47. The lowest BCUT2D eigenvalue weighted by Crippen LogP contribution is -2.29. The lowest BCUT2D eigenvalue weighted by molar-refractivity contribution is -0.161. The predicted octanol–water partition coefficient (Wildman–Crippen LogP) is 9.63. The average molecular weight is 809 g/mol. The number of phosphoric ester groups is 1. The van der Waals surface area contributed by atoms with Gasteiger partial charge in [0.1, 0.15) is 12.7 Å². The van der Waals surface area contributed by atoms with Crippen molar-refractivity contribution in [3.8, 4) is 0 Å². The Hall–Kier alpha value is -2.89. The molecule has 56 heavy (non-hydrogen) atoms. The van der Waals surface area contributed by atoms with Gasteiger partial charge in [0.2, 0.25) is 0 Å². The van der Waals surface area contributed by atoms with Crippen LogP contribution in [0.1, 0.15) is 136 Å². The Labute approximate surface area is 337 Å². The largest absolute Gasteiger partial charge is 0.472 e. The van der Waals surface area contributed by atoms with Gasteiger partial charge >= 0.3 is 19.8 Å². The van der Waals surface area contributed by atoms with Gasteiger partial charge in [0.15, 0.2) is 6.10 Å². The number of esters is 2. The van der Waals surface area contributed by atoms with Crippen LogP contribution < -0.4 is 0 Å². The molecule has 0 heterocycles. The fourth-order valence-corrected chi connectivity index (χ4v) is 5.72. The van der Waals surface area contributed by atoms with Gasteiger partial charge in [-0.3, -0.25) is 18.6 Å². The molecule has 0 fully saturated rings. The van der Waals surface area contributed by atoms with E-state index in [1.54, 1.807) is 6.08 Å². The Morgan fingerprint density at radius 3 is 1.86 bits per heavy atom. The summed E-state index contributed by atoms with van der Waals surface area (Å²) in [5, 5.41) is 28.4. The topological polar surface area (TPSA) is 169 Å². The Kier molecular flexibility index (Phi) is 36.9. The second-order valence-electron chi connectivity index (χ2n) is 13.5. The summed E-state index contributed by atoms with van der Waals surface area (Å²) in [5.41, 5.74) is 0. The maximum atomic E-state index is 12.6. The minimum absolute atomic E-state index is 0.0979. The number of phosphoric acid groups is 1. The van der Waals surface area contributed by atoms with Crippen LogP contribution in [0.25, 0.3) is 0 Å². The molecule has 0 bridgehead atoms. The van der Waals surface area contributed by atoms with E-state index in [2.05, 4.69) is 67.0 Å². The van der Waals surface area contributed by atoms with Crippen molar-refractivity contribution in [2.75, 3.05) is 26.4 Å². The minimum atomic E-state index is -4.66. The molecule has 0 spiro atoms. The molecule has 4 N–H and O–H groups in total. The van der Waals surface area contributed by atoms with Crippen LogP contribution in [0.15, 0.2) is 85.1 Å². The van der Waals surface area contributed by atoms with Crippen LogP contribution in [0.2, 0.25) is 0 Å². The summed E-state index contributed by atoms with van der Waals surface area (Å²) in [6.45, 7) is 2.01. The Morgan fingerprint density at radius 1 is 0.625 bits per heavy atom. The number of rotatable bonds is 37. The highest BCUT2D eigenvalue weighted by atomic mass is 31.2. The smallest absolute Gasteiger partial charge is 0.462 e. The molecule has 0 saturated heterocycles. The number of unbranched alkanes of at least 4 members (excludes halogenated alkanes) is 8. The van der Waals surface area contributed by atoms with E-state index in [0.717, 1.165) is 64.2 Å². The van der Waals surface area contributed by atoms with Crippen molar-refractivity contribution in [2.45, 2.75) is 154 Å². The molecule has 320 valence electrons. The molecule has 0 aliphatic carbocycles. The zero-order valence-corrected chi connectivity index (χ0v) is 35.1. The van der Waals surface area contributed by atoms with Crippen molar-refractivity contribution in [3.05, 3.63) is 85.1 Å². The Morgan fingerprint density at radius 2 is 1.20 bits per heavy atom. The number of aliphatic hydroxyl groups excluding tert-OH is 3. The van der Waals surface area contributed by atoms with Crippen molar-refractivity contribution in [1.29, 1.82) is 0 Å². The van der Waals surface area contributed by atoms with E-state index in [4.69, 9.17) is 19.1 Å². The zero-order valence-electron chi connectivity index (χ0n) is 34.2. The molecule has 0 aliphatic heterocycles. The third-order valence-corrected chi connectivity index (χ3v) is 9.09. The lowest BCUT2D eigenvalue weighted by atomic mass is 10.1. The predicted molar refractivity (Wildman–Crippen MR) is 225 cm³/mol. The van der Waals surface area contributed by atoms with Crippen LogP contribution in [-0.4, -0.2) is 76.9 Å². The van der Waals surface area contributed by atoms with Gasteiger partial charge in [-0.05, 0) is 70.6 Å². The standard InChI is InChI=1S/C44H73O11P/c1-3-5-7-9-11-12-13-14-15-16-17-18-19-20-22-26-30-34-43(48)52-38-42(39-54-56(50,51)53-37-41(47)36-45)55-44(49)35-31-27-23-25-29-33-40(46)32-28-24-21-10-8-6-4-2/h6,8,11-12,14-15,17-18,20-22,24,28,32,40-42,45-47H,3-5,7,9-10,13,16,19,23,25-27,29-31,33-39H2,1-2H3,(H,50,51)/b8-6+,12-11-,15-14-,18-17-,22-20-,24-21+,32-28+/t40?,41-,42+/m0/s1. The lowest BCUT2D eigenvalue weighted by Gasteiger charge is -2.20. The fourth-order valence-electron chi connectivity index (χ4n) is 4.93. The Bertz CT molecular complexity index is 1220. The first-order valence-electron chi connectivity index (χ1n) is 20.7. The second-order valence-corrected chi connectivity index (χ2v) is 14.9. The molecule has 0 aliphatic rings. The number of aliphatic hydroxyl groups is 3. The third kappa shape index (κ3) is 38.0. The van der Waals surface area contributed by atoms with Crippen molar-refractivity contribution in [3.63, 3.8) is 0 Å². The summed E-state index contributed by atoms with van der Waals surface area (Å²) in [5.74, 6) is -1.08. The van der Waals surface area contributed by atoms with Gasteiger partial charge < -0.3 is 29.7 Å². The monoisotopic (exact) mass is 808 g/mol. The van der Waals surface area contributed by atoms with Gasteiger partial charge in [0, 0.05) is 12.8 Å². The molecule has 0 aromatic carbocycles. The number of carbonyl (C=O) groups excluding carboxylic acids is 2. The first kappa shape index (κ1) is 53.1. The number of hydrogen-bond acceptors (Lipinski definition) is 10. The molecule has 0 amide bonds. The number of hydrogen-bond donors (Lipinski definition) is 4. The van der Waals surface area contributed by atoms with Crippen LogP contribution >= 0.6 is 7.82 Å². The summed E-state index contributed by atoms with van der Waals surface area (Å²) in [4.78, 5) is 34.9. The van der Waals surface area contributed by atoms with E-state index in [0.29, 0.717) is 25.7 Å². The molecule has 12 heteroatoms. The van der Waals surface area contributed by atoms with E-state index in [1.807, 2.05) is 30.4 Å². The normalized spacial score (nSPS) is 15.3. The molecule has 11 nitrogen and oxygen atoms in total. The van der Waals surface area contributed by atoms with Gasteiger partial charge in [-0.1, -0.05) is 137 Å². The van der Waals surface area contributed by atoms with E-state index in [9.17, 15) is 29.3 Å². The van der Waals surface area contributed by atoms with Crippen molar-refractivity contribution >= 4 is 19.8 Å². The van der Waals surface area contributed by atoms with E-state index < -0.39 is 57.9 Å². The maximum absolute atomic E-state index is 12.6. The quantitative estimate of drug-likeness (QED) is 0.0155. The van der Waals surface area contributed by atoms with Gasteiger partial charge in [-0.15, -0.1) is 0 Å². The van der Waals surface area contributed by atoms with E-state index in [-0.39, 0.29) is 19.4 Å². The average Bonchev–Trinajstić information content (AvgIpc) is 3.18. The summed E-state index contributed by atoms with van der Waals surface area (Å²) in [6.07, 6.45) is 41.5. The van der Waals surface area contributed by atoms with Crippen LogP contribution in [-0.2, 0) is 32.7 Å². The number of carbonyl (C=O) groups is 2. The highest BCUT2D eigenvalue weighted by Crippen LogP contribution is 2.43. The van der Waals surface area contributed by atoms with Crippen LogP contribution in [0.4, 0.5) is 0 Å². The summed E-state index contributed by atoms with van der Waals surface area (Å²) in [7, 11) is -4.66. The molecular formula is C44H73O11P. The van der Waals surface area contributed by atoms with Gasteiger partial charge in [0.05, 0.1) is 25.9 Å². The van der Waals surface area contributed by atoms with E-state index >= 15 is 0 Å². The molecule has 4 atom stereocenters. The van der Waals surface area contributed by atoms with Crippen LogP contribution in [0.5, 0.6) is 0 Å². The number of ether oxygens (including phenoxy) is 2. The molecule has 0 aromatic heterocycles. The summed E-state index contributed by atoms with van der Waals surface area (Å²) in [6, 6.07) is 0. The van der Waals surface area contributed by atoms with Crippen LogP contribution in [0.3, 0.4) is 0 Å². The highest BCUT2D eigenvalue weighted by Gasteiger charge is 2.27. The molecule has 0 aromatic rings. The molecule has 0 rings (SSSR count). The second kappa shape index (κ2) is 39.0. The maximum Gasteiger partial charge on any atom is 0.472 e. The Balaban J connectivity index is 4.53. The SMILES string of the molecule is CC/C=C/C/C=C/C=C/C(O)CCCCCCCC(=O)O[C@H](COC(=O)CCC/C=C\C/C=C\C/C=C\C/C=C\CCCCC)COP(=O)(O)OC[C@@H](O)CO.